The number of aromatic nitrogens is 2. The van der Waals surface area contributed by atoms with Crippen molar-refractivity contribution in [3.8, 4) is 22.8 Å². The average Bonchev–Trinajstić information content (AvgIpc) is 3.28. The van der Waals surface area contributed by atoms with E-state index in [1.807, 2.05) is 52.2 Å². The summed E-state index contributed by atoms with van der Waals surface area (Å²) in [6.45, 7) is 7.13. The average molecular weight is 449 g/mol. The van der Waals surface area contributed by atoms with Gasteiger partial charge in [-0.25, -0.2) is 0 Å². The molecule has 3 aromatic rings. The van der Waals surface area contributed by atoms with Crippen molar-refractivity contribution in [3.63, 3.8) is 0 Å². The van der Waals surface area contributed by atoms with Crippen molar-refractivity contribution in [3.05, 3.63) is 65.9 Å². The van der Waals surface area contributed by atoms with Gasteiger partial charge < -0.3 is 14.4 Å². The summed E-state index contributed by atoms with van der Waals surface area (Å²) in [5.41, 5.74) is 3.23. The number of carbonyl (C=O) groups excluding carboxylic acids is 1. The predicted molar refractivity (Wildman–Crippen MR) is 129 cm³/mol. The molecule has 0 N–H and O–H groups in total. The first-order valence-corrected chi connectivity index (χ1v) is 11.5. The van der Waals surface area contributed by atoms with E-state index >= 15 is 0 Å². The maximum absolute atomic E-state index is 13.6. The smallest absolute Gasteiger partial charge is 0.257 e. The first-order valence-electron chi connectivity index (χ1n) is 11.5. The molecule has 0 saturated carbocycles. The quantitative estimate of drug-likeness (QED) is 0.525. The molecular formula is C26H32N4O3. The summed E-state index contributed by atoms with van der Waals surface area (Å²) in [6, 6.07) is 15.8. The molecule has 7 nitrogen and oxygen atoms in total. The molecular weight excluding hydrogens is 416 g/mol. The van der Waals surface area contributed by atoms with Crippen LogP contribution in [0.15, 0.2) is 54.7 Å². The zero-order valence-electron chi connectivity index (χ0n) is 19.7. The minimum Gasteiger partial charge on any atom is -0.493 e. The van der Waals surface area contributed by atoms with Crippen LogP contribution in [0.1, 0.15) is 29.3 Å². The molecule has 1 aliphatic rings. The summed E-state index contributed by atoms with van der Waals surface area (Å²) in [7, 11) is 3.22. The number of ether oxygens (including phenoxy) is 2. The van der Waals surface area contributed by atoms with Crippen LogP contribution in [0, 0.1) is 0 Å². The van der Waals surface area contributed by atoms with Gasteiger partial charge in [0, 0.05) is 37.9 Å². The lowest BCUT2D eigenvalue weighted by Crippen LogP contribution is -2.48. The van der Waals surface area contributed by atoms with Crippen molar-refractivity contribution in [1.82, 2.24) is 19.6 Å². The summed E-state index contributed by atoms with van der Waals surface area (Å²) in [5, 5.41) is 4.83. The first kappa shape index (κ1) is 22.9. The maximum Gasteiger partial charge on any atom is 0.257 e. The van der Waals surface area contributed by atoms with Crippen molar-refractivity contribution in [2.24, 2.45) is 0 Å². The molecule has 0 bridgehead atoms. The van der Waals surface area contributed by atoms with Crippen molar-refractivity contribution in [1.29, 1.82) is 0 Å². The molecule has 4 rings (SSSR count). The van der Waals surface area contributed by atoms with Crippen LogP contribution < -0.4 is 9.47 Å². The Labute approximate surface area is 195 Å². The van der Waals surface area contributed by atoms with E-state index in [1.165, 1.54) is 0 Å². The summed E-state index contributed by atoms with van der Waals surface area (Å²) in [6.07, 6.45) is 3.00. The molecule has 0 unspecified atom stereocenters. The molecule has 1 aliphatic heterocycles. The van der Waals surface area contributed by atoms with Crippen LogP contribution >= 0.6 is 0 Å². The number of methoxy groups -OCH3 is 2. The highest BCUT2D eigenvalue weighted by atomic mass is 16.5. The van der Waals surface area contributed by atoms with E-state index < -0.39 is 0 Å². The lowest BCUT2D eigenvalue weighted by atomic mass is 10.1. The lowest BCUT2D eigenvalue weighted by Gasteiger charge is -2.34. The SMILES string of the molecule is CCCN1CCN(C(=O)c2cn(Cc3ccccc3)nc2-c2ccc(OC)c(OC)c2)CC1. The van der Waals surface area contributed by atoms with Crippen LogP contribution in [0.25, 0.3) is 11.3 Å². The van der Waals surface area contributed by atoms with Crippen LogP contribution in [0.3, 0.4) is 0 Å². The van der Waals surface area contributed by atoms with Crippen molar-refractivity contribution in [2.45, 2.75) is 19.9 Å². The molecule has 33 heavy (non-hydrogen) atoms. The van der Waals surface area contributed by atoms with E-state index in [4.69, 9.17) is 14.6 Å². The number of nitrogens with zero attached hydrogens (tertiary/aromatic N) is 4. The fourth-order valence-electron chi connectivity index (χ4n) is 4.29. The Morgan fingerprint density at radius 2 is 1.70 bits per heavy atom. The van der Waals surface area contributed by atoms with Crippen LogP contribution in [0.5, 0.6) is 11.5 Å². The van der Waals surface area contributed by atoms with Crippen molar-refractivity contribution >= 4 is 5.91 Å². The molecule has 0 radical (unpaired) electrons. The molecule has 1 amide bonds. The predicted octanol–water partition coefficient (Wildman–Crippen LogP) is 3.78. The maximum atomic E-state index is 13.6. The molecule has 0 atom stereocenters. The van der Waals surface area contributed by atoms with E-state index in [2.05, 4.69) is 24.0 Å². The number of hydrogen-bond donors (Lipinski definition) is 0. The largest absolute Gasteiger partial charge is 0.493 e. The van der Waals surface area contributed by atoms with E-state index in [1.54, 1.807) is 14.2 Å². The van der Waals surface area contributed by atoms with Gasteiger partial charge in [0.2, 0.25) is 0 Å². The highest BCUT2D eigenvalue weighted by Gasteiger charge is 2.26. The first-order chi connectivity index (χ1) is 16.1. The van der Waals surface area contributed by atoms with Gasteiger partial charge in [-0.3, -0.25) is 14.4 Å². The van der Waals surface area contributed by atoms with Gasteiger partial charge in [-0.15, -0.1) is 0 Å². The number of hydrogen-bond acceptors (Lipinski definition) is 5. The third kappa shape index (κ3) is 5.20. The number of benzene rings is 2. The Balaban J connectivity index is 1.66. The van der Waals surface area contributed by atoms with Gasteiger partial charge in [-0.05, 0) is 36.7 Å². The van der Waals surface area contributed by atoms with E-state index in [9.17, 15) is 4.79 Å². The third-order valence-electron chi connectivity index (χ3n) is 6.04. The second-order valence-electron chi connectivity index (χ2n) is 8.28. The van der Waals surface area contributed by atoms with Gasteiger partial charge in [0.1, 0.15) is 5.69 Å². The summed E-state index contributed by atoms with van der Waals surface area (Å²) in [5.74, 6) is 1.28. The minimum absolute atomic E-state index is 0.0234. The molecule has 1 saturated heterocycles. The monoisotopic (exact) mass is 448 g/mol. The van der Waals surface area contributed by atoms with E-state index in [-0.39, 0.29) is 5.91 Å². The second-order valence-corrected chi connectivity index (χ2v) is 8.28. The minimum atomic E-state index is 0.0234. The zero-order chi connectivity index (χ0) is 23.2. The van der Waals surface area contributed by atoms with Crippen molar-refractivity contribution < 1.29 is 14.3 Å². The normalized spacial score (nSPS) is 14.3. The van der Waals surface area contributed by atoms with Crippen LogP contribution in [-0.4, -0.2) is 72.4 Å². The van der Waals surface area contributed by atoms with Gasteiger partial charge >= 0.3 is 0 Å². The fourth-order valence-corrected chi connectivity index (χ4v) is 4.29. The van der Waals surface area contributed by atoms with Gasteiger partial charge in [-0.1, -0.05) is 37.3 Å². The Morgan fingerprint density at radius 3 is 2.36 bits per heavy atom. The Morgan fingerprint density at radius 1 is 0.970 bits per heavy atom. The van der Waals surface area contributed by atoms with Gasteiger partial charge in [-0.2, -0.15) is 5.10 Å². The van der Waals surface area contributed by atoms with Crippen LogP contribution in [0.4, 0.5) is 0 Å². The summed E-state index contributed by atoms with van der Waals surface area (Å²) < 4.78 is 12.7. The molecule has 1 aromatic heterocycles. The van der Waals surface area contributed by atoms with Gasteiger partial charge in [0.05, 0.1) is 26.3 Å². The number of carbonyl (C=O) groups is 1. The molecule has 1 fully saturated rings. The number of piperazine rings is 1. The Bertz CT molecular complexity index is 1070. The number of amides is 1. The van der Waals surface area contributed by atoms with Gasteiger partial charge in [0.25, 0.3) is 5.91 Å². The third-order valence-corrected chi connectivity index (χ3v) is 6.04. The second kappa shape index (κ2) is 10.5. The highest BCUT2D eigenvalue weighted by molar-refractivity contribution is 6.00. The molecule has 7 heteroatoms. The van der Waals surface area contributed by atoms with Crippen LogP contribution in [0.2, 0.25) is 0 Å². The molecule has 174 valence electrons. The van der Waals surface area contributed by atoms with Crippen molar-refractivity contribution in [2.75, 3.05) is 46.9 Å². The molecule has 0 aliphatic carbocycles. The number of rotatable bonds is 8. The Kier molecular flexibility index (Phi) is 7.29. The molecule has 2 aromatic carbocycles. The fraction of sp³-hybridized carbons (Fsp3) is 0.385. The summed E-state index contributed by atoms with van der Waals surface area (Å²) in [4.78, 5) is 18.0. The molecule has 2 heterocycles. The van der Waals surface area contributed by atoms with E-state index in [0.717, 1.165) is 50.3 Å². The lowest BCUT2D eigenvalue weighted by molar-refractivity contribution is 0.0638. The van der Waals surface area contributed by atoms with Crippen LogP contribution in [-0.2, 0) is 6.54 Å². The highest BCUT2D eigenvalue weighted by Crippen LogP contribution is 2.33. The topological polar surface area (TPSA) is 59.8 Å². The van der Waals surface area contributed by atoms with Gasteiger partial charge in [0.15, 0.2) is 11.5 Å². The summed E-state index contributed by atoms with van der Waals surface area (Å²) >= 11 is 0. The van der Waals surface area contributed by atoms with E-state index in [0.29, 0.717) is 29.3 Å². The molecule has 0 spiro atoms. The zero-order valence-corrected chi connectivity index (χ0v) is 19.7. The standard InChI is InChI=1S/C26H32N4O3/c1-4-12-28-13-15-29(16-14-28)26(31)22-19-30(18-20-8-6-5-7-9-20)27-25(22)21-10-11-23(32-2)24(17-21)33-3/h5-11,17,19H,4,12-16,18H2,1-3H3. The Hall–Kier alpha value is -3.32.